The summed E-state index contributed by atoms with van der Waals surface area (Å²) in [5.74, 6) is 0. The summed E-state index contributed by atoms with van der Waals surface area (Å²) >= 11 is 12.0. The molecule has 1 aromatic rings. The van der Waals surface area contributed by atoms with E-state index in [1.807, 2.05) is 12.1 Å². The number of rotatable bonds is 7. The minimum absolute atomic E-state index is 0.282. The number of halogens is 2. The molecule has 96 valence electrons. The number of hydrogen-bond donors (Lipinski definition) is 1. The van der Waals surface area contributed by atoms with Crippen LogP contribution < -0.4 is 0 Å². The van der Waals surface area contributed by atoms with Gasteiger partial charge in [0, 0.05) is 23.2 Å². The summed E-state index contributed by atoms with van der Waals surface area (Å²) in [7, 11) is 2.07. The molecule has 1 aromatic carbocycles. The summed E-state index contributed by atoms with van der Waals surface area (Å²) in [6.07, 6.45) is 3.03. The van der Waals surface area contributed by atoms with Crippen LogP contribution in [0.2, 0.25) is 10.0 Å². The Kier molecular flexibility index (Phi) is 6.90. The minimum Gasteiger partial charge on any atom is -0.396 e. The molecule has 17 heavy (non-hydrogen) atoms. The average Bonchev–Trinajstić information content (AvgIpc) is 2.29. The van der Waals surface area contributed by atoms with E-state index in [4.69, 9.17) is 28.3 Å². The van der Waals surface area contributed by atoms with Gasteiger partial charge in [-0.05, 0) is 56.6 Å². The third-order valence-corrected chi connectivity index (χ3v) is 3.25. The van der Waals surface area contributed by atoms with Crippen LogP contribution in [-0.4, -0.2) is 30.2 Å². The molecule has 0 aliphatic rings. The maximum absolute atomic E-state index is 8.69. The maximum atomic E-state index is 8.69. The Morgan fingerprint density at radius 3 is 2.65 bits per heavy atom. The van der Waals surface area contributed by atoms with Crippen molar-refractivity contribution >= 4 is 23.2 Å². The molecular weight excluding hydrogens is 257 g/mol. The number of hydrogen-bond acceptors (Lipinski definition) is 2. The summed E-state index contributed by atoms with van der Waals surface area (Å²) in [4.78, 5) is 2.22. The molecule has 1 N–H and O–H groups in total. The number of aliphatic hydroxyl groups excluding tert-OH is 1. The average molecular weight is 276 g/mol. The second kappa shape index (κ2) is 7.93. The minimum atomic E-state index is 0.282. The Balaban J connectivity index is 2.39. The lowest BCUT2D eigenvalue weighted by Gasteiger charge is -2.17. The summed E-state index contributed by atoms with van der Waals surface area (Å²) in [5.41, 5.74) is 1.06. The van der Waals surface area contributed by atoms with E-state index in [1.165, 1.54) is 0 Å². The van der Waals surface area contributed by atoms with Gasteiger partial charge in [0.2, 0.25) is 0 Å². The lowest BCUT2D eigenvalue weighted by Crippen LogP contribution is -2.19. The molecule has 0 radical (unpaired) electrons. The Bertz CT molecular complexity index is 344. The van der Waals surface area contributed by atoms with E-state index in [-0.39, 0.29) is 6.61 Å². The first-order valence-corrected chi connectivity index (χ1v) is 6.62. The molecule has 0 fully saturated rings. The van der Waals surface area contributed by atoms with Gasteiger partial charge in [0.25, 0.3) is 0 Å². The summed E-state index contributed by atoms with van der Waals surface area (Å²) in [5, 5.41) is 10.2. The van der Waals surface area contributed by atoms with Gasteiger partial charge >= 0.3 is 0 Å². The van der Waals surface area contributed by atoms with Crippen LogP contribution >= 0.6 is 23.2 Å². The Labute approximate surface area is 113 Å². The molecule has 0 saturated heterocycles. The Morgan fingerprint density at radius 2 is 1.94 bits per heavy atom. The standard InChI is InChI=1S/C13H19Cl2NO/c1-16(7-3-2-4-8-17)10-11-9-12(14)5-6-13(11)15/h5-6,9,17H,2-4,7-8,10H2,1H3. The van der Waals surface area contributed by atoms with Gasteiger partial charge in [-0.1, -0.05) is 23.2 Å². The van der Waals surface area contributed by atoms with Crippen molar-refractivity contribution < 1.29 is 5.11 Å². The van der Waals surface area contributed by atoms with Gasteiger partial charge in [-0.15, -0.1) is 0 Å². The number of nitrogens with zero attached hydrogens (tertiary/aromatic N) is 1. The number of aliphatic hydroxyl groups is 1. The first-order chi connectivity index (χ1) is 8.13. The largest absolute Gasteiger partial charge is 0.396 e. The van der Waals surface area contributed by atoms with Crippen molar-refractivity contribution in [3.05, 3.63) is 33.8 Å². The third kappa shape index (κ3) is 5.73. The van der Waals surface area contributed by atoms with Crippen molar-refractivity contribution in [2.24, 2.45) is 0 Å². The lowest BCUT2D eigenvalue weighted by molar-refractivity contribution is 0.271. The summed E-state index contributed by atoms with van der Waals surface area (Å²) in [6, 6.07) is 5.54. The van der Waals surface area contributed by atoms with E-state index < -0.39 is 0 Å². The van der Waals surface area contributed by atoms with Crippen LogP contribution in [0.4, 0.5) is 0 Å². The van der Waals surface area contributed by atoms with Crippen molar-refractivity contribution in [2.45, 2.75) is 25.8 Å². The number of unbranched alkanes of at least 4 members (excludes halogenated alkanes) is 2. The van der Waals surface area contributed by atoms with Gasteiger partial charge in [-0.25, -0.2) is 0 Å². The van der Waals surface area contributed by atoms with Crippen molar-refractivity contribution in [3.8, 4) is 0 Å². The zero-order chi connectivity index (χ0) is 12.7. The second-order valence-corrected chi connectivity index (χ2v) is 5.10. The predicted octanol–water partition coefficient (Wildman–Crippen LogP) is 3.59. The number of benzene rings is 1. The van der Waals surface area contributed by atoms with Gasteiger partial charge in [0.1, 0.15) is 0 Å². The van der Waals surface area contributed by atoms with Gasteiger partial charge < -0.3 is 10.0 Å². The van der Waals surface area contributed by atoms with Gasteiger partial charge in [-0.3, -0.25) is 0 Å². The summed E-state index contributed by atoms with van der Waals surface area (Å²) in [6.45, 7) is 2.09. The van der Waals surface area contributed by atoms with Crippen molar-refractivity contribution in [1.82, 2.24) is 4.90 Å². The zero-order valence-corrected chi connectivity index (χ0v) is 11.6. The van der Waals surface area contributed by atoms with E-state index in [0.29, 0.717) is 0 Å². The van der Waals surface area contributed by atoms with E-state index >= 15 is 0 Å². The zero-order valence-electron chi connectivity index (χ0n) is 10.1. The van der Waals surface area contributed by atoms with E-state index in [1.54, 1.807) is 6.07 Å². The molecular formula is C13H19Cl2NO. The first kappa shape index (κ1) is 14.8. The molecule has 2 nitrogen and oxygen atoms in total. The van der Waals surface area contributed by atoms with Crippen LogP contribution in [0.15, 0.2) is 18.2 Å². The van der Waals surface area contributed by atoms with Crippen LogP contribution in [0.5, 0.6) is 0 Å². The smallest absolute Gasteiger partial charge is 0.0452 e. The van der Waals surface area contributed by atoms with Crippen LogP contribution in [-0.2, 0) is 6.54 Å². The van der Waals surface area contributed by atoms with Crippen molar-refractivity contribution in [2.75, 3.05) is 20.2 Å². The molecule has 1 rings (SSSR count). The molecule has 4 heteroatoms. The monoisotopic (exact) mass is 275 g/mol. The molecule has 0 aliphatic carbocycles. The second-order valence-electron chi connectivity index (χ2n) is 4.26. The highest BCUT2D eigenvalue weighted by Crippen LogP contribution is 2.21. The highest BCUT2D eigenvalue weighted by molar-refractivity contribution is 6.33. The normalized spacial score (nSPS) is 11.1. The van der Waals surface area contributed by atoms with E-state index in [0.717, 1.165) is 48.0 Å². The third-order valence-electron chi connectivity index (χ3n) is 2.65. The molecule has 0 heterocycles. The highest BCUT2D eigenvalue weighted by Gasteiger charge is 2.05. The lowest BCUT2D eigenvalue weighted by atomic mass is 10.2. The fourth-order valence-electron chi connectivity index (χ4n) is 1.70. The predicted molar refractivity (Wildman–Crippen MR) is 73.7 cm³/mol. The fraction of sp³-hybridized carbons (Fsp3) is 0.538. The van der Waals surface area contributed by atoms with Gasteiger partial charge in [0.15, 0.2) is 0 Å². The Hall–Kier alpha value is -0.280. The maximum Gasteiger partial charge on any atom is 0.0452 e. The molecule has 0 amide bonds. The molecule has 0 aliphatic heterocycles. The van der Waals surface area contributed by atoms with Gasteiger partial charge in [0.05, 0.1) is 0 Å². The Morgan fingerprint density at radius 1 is 1.18 bits per heavy atom. The quantitative estimate of drug-likeness (QED) is 0.769. The van der Waals surface area contributed by atoms with Gasteiger partial charge in [-0.2, -0.15) is 0 Å². The van der Waals surface area contributed by atoms with Crippen molar-refractivity contribution in [3.63, 3.8) is 0 Å². The molecule has 0 unspecified atom stereocenters. The first-order valence-electron chi connectivity index (χ1n) is 5.87. The van der Waals surface area contributed by atoms with E-state index in [9.17, 15) is 0 Å². The topological polar surface area (TPSA) is 23.5 Å². The fourth-order valence-corrected chi connectivity index (χ4v) is 2.08. The van der Waals surface area contributed by atoms with E-state index in [2.05, 4.69) is 11.9 Å². The molecule has 0 aromatic heterocycles. The molecule has 0 atom stereocenters. The SMILES string of the molecule is CN(CCCCCO)Cc1cc(Cl)ccc1Cl. The van der Waals surface area contributed by atoms with Crippen LogP contribution in [0.3, 0.4) is 0 Å². The molecule has 0 saturated carbocycles. The summed E-state index contributed by atoms with van der Waals surface area (Å²) < 4.78 is 0. The van der Waals surface area contributed by atoms with Crippen LogP contribution in [0, 0.1) is 0 Å². The van der Waals surface area contributed by atoms with Crippen molar-refractivity contribution in [1.29, 1.82) is 0 Å². The molecule has 0 spiro atoms. The highest BCUT2D eigenvalue weighted by atomic mass is 35.5. The van der Waals surface area contributed by atoms with Crippen LogP contribution in [0.1, 0.15) is 24.8 Å². The van der Waals surface area contributed by atoms with Crippen LogP contribution in [0.25, 0.3) is 0 Å². The molecule has 0 bridgehead atoms.